The Hall–Kier alpha value is -4.04. The highest BCUT2D eigenvalue weighted by Crippen LogP contribution is 2.12. The summed E-state index contributed by atoms with van der Waals surface area (Å²) in [7, 11) is 0. The monoisotopic (exact) mass is 756 g/mol. The van der Waals surface area contributed by atoms with E-state index < -0.39 is 47.0 Å². The SMILES string of the molecule is C=CCOC(=O)CCCCCCCCCCNC(=O)[C@H](CCC(=O)N(CCNC(=O)OC(C)(C)C)CCNC(=O)OC(C)(C)C)NC(=O)OC(C)(C)C. The highest BCUT2D eigenvalue weighted by molar-refractivity contribution is 5.86. The molecule has 0 aromatic heterocycles. The number of carbonyl (C=O) groups excluding carboxylic acids is 6. The normalized spacial score (nSPS) is 12.1. The predicted molar refractivity (Wildman–Crippen MR) is 203 cm³/mol. The lowest BCUT2D eigenvalue weighted by Crippen LogP contribution is -2.49. The van der Waals surface area contributed by atoms with Gasteiger partial charge in [0.05, 0.1) is 0 Å². The van der Waals surface area contributed by atoms with Gasteiger partial charge in [0.25, 0.3) is 0 Å². The number of rotatable bonds is 24. The Bertz CT molecular complexity index is 1110. The van der Waals surface area contributed by atoms with Crippen molar-refractivity contribution < 1.29 is 47.7 Å². The zero-order valence-corrected chi connectivity index (χ0v) is 33.9. The summed E-state index contributed by atoms with van der Waals surface area (Å²) in [4.78, 5) is 76.6. The zero-order valence-electron chi connectivity index (χ0n) is 33.9. The van der Waals surface area contributed by atoms with Crippen LogP contribution in [0, 0.1) is 0 Å². The first kappa shape index (κ1) is 49.0. The molecule has 1 atom stereocenters. The van der Waals surface area contributed by atoms with E-state index in [2.05, 4.69) is 27.8 Å². The largest absolute Gasteiger partial charge is 0.461 e. The fourth-order valence-electron chi connectivity index (χ4n) is 4.73. The molecule has 0 unspecified atom stereocenters. The highest BCUT2D eigenvalue weighted by atomic mass is 16.6. The third kappa shape index (κ3) is 30.2. The Morgan fingerprint density at radius 1 is 0.604 bits per heavy atom. The maximum Gasteiger partial charge on any atom is 0.408 e. The van der Waals surface area contributed by atoms with E-state index in [9.17, 15) is 28.8 Å². The van der Waals surface area contributed by atoms with Crippen molar-refractivity contribution in [3.8, 4) is 0 Å². The number of nitrogens with one attached hydrogen (secondary N) is 4. The molecule has 0 aliphatic rings. The molecule has 0 aliphatic heterocycles. The topological polar surface area (TPSA) is 191 Å². The van der Waals surface area contributed by atoms with Crippen LogP contribution in [-0.2, 0) is 33.3 Å². The first-order valence-corrected chi connectivity index (χ1v) is 18.9. The molecule has 0 radical (unpaired) electrons. The van der Waals surface area contributed by atoms with Crippen LogP contribution in [0.5, 0.6) is 0 Å². The summed E-state index contributed by atoms with van der Waals surface area (Å²) in [5.41, 5.74) is -2.18. The van der Waals surface area contributed by atoms with Gasteiger partial charge in [-0.3, -0.25) is 14.4 Å². The van der Waals surface area contributed by atoms with Crippen LogP contribution < -0.4 is 21.3 Å². The van der Waals surface area contributed by atoms with Crippen molar-refractivity contribution in [2.75, 3.05) is 39.3 Å². The van der Waals surface area contributed by atoms with E-state index in [-0.39, 0.29) is 57.5 Å². The van der Waals surface area contributed by atoms with Gasteiger partial charge in [-0.2, -0.15) is 0 Å². The molecule has 0 saturated heterocycles. The molecule has 0 heterocycles. The van der Waals surface area contributed by atoms with E-state index in [1.165, 1.54) is 4.90 Å². The molecule has 15 heteroatoms. The lowest BCUT2D eigenvalue weighted by Gasteiger charge is -2.26. The number of nitrogens with zero attached hydrogens (tertiary/aromatic N) is 1. The van der Waals surface area contributed by atoms with Crippen molar-refractivity contribution in [2.45, 2.75) is 156 Å². The molecule has 0 aromatic rings. The van der Waals surface area contributed by atoms with Gasteiger partial charge < -0.3 is 45.1 Å². The molecule has 53 heavy (non-hydrogen) atoms. The molecule has 15 nitrogen and oxygen atoms in total. The van der Waals surface area contributed by atoms with E-state index in [1.54, 1.807) is 68.4 Å². The van der Waals surface area contributed by atoms with Crippen LogP contribution in [0.25, 0.3) is 0 Å². The number of unbranched alkanes of at least 4 members (excludes halogenated alkanes) is 7. The second kappa shape index (κ2) is 25.9. The van der Waals surface area contributed by atoms with Crippen LogP contribution in [0.4, 0.5) is 14.4 Å². The fraction of sp³-hybridized carbons (Fsp3) is 0.789. The average molecular weight is 756 g/mol. The summed E-state index contributed by atoms with van der Waals surface area (Å²) < 4.78 is 20.9. The van der Waals surface area contributed by atoms with Crippen LogP contribution in [0.3, 0.4) is 0 Å². The molecule has 5 amide bonds. The summed E-state index contributed by atoms with van der Waals surface area (Å²) >= 11 is 0. The standard InChI is InChI=1S/C38H69N5O10/c1-11-28-50-31(45)20-18-16-14-12-13-15-17-19-23-39-32(46)29(42-35(49)53-38(8,9)10)21-22-30(44)43(26-24-40-33(47)51-36(2,3)4)27-25-41-34(48)52-37(5,6)7/h11,29H,1,12-28H2,2-10H3,(H,39,46)(H,40,47)(H,41,48)(H,42,49)/t29-/m0/s1. The van der Waals surface area contributed by atoms with Crippen LogP contribution in [0.1, 0.15) is 133 Å². The lowest BCUT2D eigenvalue weighted by atomic mass is 10.1. The second-order valence-corrected chi connectivity index (χ2v) is 15.8. The first-order chi connectivity index (χ1) is 24.6. The third-order valence-corrected chi connectivity index (χ3v) is 7.08. The number of amides is 5. The average Bonchev–Trinajstić information content (AvgIpc) is 3.00. The van der Waals surface area contributed by atoms with Crippen molar-refractivity contribution >= 4 is 36.1 Å². The van der Waals surface area contributed by atoms with Gasteiger partial charge in [-0.25, -0.2) is 14.4 Å². The van der Waals surface area contributed by atoms with E-state index in [4.69, 9.17) is 18.9 Å². The van der Waals surface area contributed by atoms with E-state index >= 15 is 0 Å². The Balaban J connectivity index is 5.13. The minimum Gasteiger partial charge on any atom is -0.461 e. The summed E-state index contributed by atoms with van der Waals surface area (Å²) in [6, 6.07) is -1.04. The summed E-state index contributed by atoms with van der Waals surface area (Å²) in [6.07, 6.45) is 7.42. The Kier molecular flexibility index (Phi) is 23.9. The van der Waals surface area contributed by atoms with E-state index in [0.717, 1.165) is 51.4 Å². The van der Waals surface area contributed by atoms with Crippen molar-refractivity contribution in [1.82, 2.24) is 26.2 Å². The van der Waals surface area contributed by atoms with Gasteiger partial charge in [-0.05, 0) is 81.6 Å². The van der Waals surface area contributed by atoms with Crippen molar-refractivity contribution in [3.05, 3.63) is 12.7 Å². The van der Waals surface area contributed by atoms with Crippen molar-refractivity contribution in [2.24, 2.45) is 0 Å². The van der Waals surface area contributed by atoms with Gasteiger partial charge in [-0.1, -0.05) is 51.2 Å². The van der Waals surface area contributed by atoms with Crippen molar-refractivity contribution in [3.63, 3.8) is 0 Å². The minimum atomic E-state index is -1.04. The first-order valence-electron chi connectivity index (χ1n) is 18.9. The molecule has 0 fully saturated rings. The van der Waals surface area contributed by atoms with E-state index in [1.807, 2.05) is 0 Å². The molecule has 0 aliphatic carbocycles. The van der Waals surface area contributed by atoms with Crippen molar-refractivity contribution in [1.29, 1.82) is 0 Å². The Morgan fingerprint density at radius 2 is 1.06 bits per heavy atom. The molecule has 0 aromatic carbocycles. The fourth-order valence-corrected chi connectivity index (χ4v) is 4.73. The summed E-state index contributed by atoms with van der Waals surface area (Å²) in [5.74, 6) is -0.975. The summed E-state index contributed by atoms with van der Waals surface area (Å²) in [6.45, 7) is 20.1. The second-order valence-electron chi connectivity index (χ2n) is 15.8. The maximum absolute atomic E-state index is 13.4. The molecule has 0 spiro atoms. The third-order valence-electron chi connectivity index (χ3n) is 7.08. The number of carbonyl (C=O) groups is 6. The summed E-state index contributed by atoms with van der Waals surface area (Å²) in [5, 5.41) is 10.7. The number of ether oxygens (including phenoxy) is 4. The molecular weight excluding hydrogens is 686 g/mol. The lowest BCUT2D eigenvalue weighted by molar-refractivity contribution is -0.142. The smallest absolute Gasteiger partial charge is 0.408 e. The Labute approximate surface area is 317 Å². The molecule has 0 saturated carbocycles. The minimum absolute atomic E-state index is 0.00856. The van der Waals surface area contributed by atoms with Crippen LogP contribution in [0.15, 0.2) is 12.7 Å². The molecule has 0 bridgehead atoms. The molecule has 4 N–H and O–H groups in total. The van der Waals surface area contributed by atoms with Gasteiger partial charge in [-0.15, -0.1) is 0 Å². The van der Waals surface area contributed by atoms with Gasteiger partial charge in [0, 0.05) is 45.6 Å². The van der Waals surface area contributed by atoms with Crippen LogP contribution >= 0.6 is 0 Å². The van der Waals surface area contributed by atoms with Gasteiger partial charge >= 0.3 is 24.2 Å². The number of hydrogen-bond donors (Lipinski definition) is 4. The number of esters is 1. The molecular formula is C38H69N5O10. The van der Waals surface area contributed by atoms with Crippen LogP contribution in [-0.4, -0.2) is 103 Å². The predicted octanol–water partition coefficient (Wildman–Crippen LogP) is 5.89. The molecule has 0 rings (SSSR count). The highest BCUT2D eigenvalue weighted by Gasteiger charge is 2.26. The van der Waals surface area contributed by atoms with E-state index in [0.29, 0.717) is 13.0 Å². The quantitative estimate of drug-likeness (QED) is 0.0400. The maximum atomic E-state index is 13.4. The molecule has 306 valence electrons. The van der Waals surface area contributed by atoms with Crippen LogP contribution in [0.2, 0.25) is 0 Å². The Morgan fingerprint density at radius 3 is 1.53 bits per heavy atom. The van der Waals surface area contributed by atoms with Gasteiger partial charge in [0.2, 0.25) is 11.8 Å². The number of hydrogen-bond acceptors (Lipinski definition) is 10. The number of alkyl carbamates (subject to hydrolysis) is 3. The zero-order chi connectivity index (χ0) is 40.5. The van der Waals surface area contributed by atoms with Gasteiger partial charge in [0.15, 0.2) is 0 Å². The van der Waals surface area contributed by atoms with Gasteiger partial charge in [0.1, 0.15) is 29.5 Å².